The van der Waals surface area contributed by atoms with E-state index < -0.39 is 46.2 Å². The number of nitrogens with two attached hydrogens (primary N) is 1. The molecule has 14 nitrogen and oxygen atoms in total. The molecular formula is C26H23N7O7S2. The van der Waals surface area contributed by atoms with Crippen molar-refractivity contribution in [3.63, 3.8) is 0 Å². The first kappa shape index (κ1) is 30.0. The van der Waals surface area contributed by atoms with Gasteiger partial charge in [-0.05, 0) is 31.5 Å². The van der Waals surface area contributed by atoms with E-state index in [-0.39, 0.29) is 40.0 Å². The number of carboxylic acid groups (broad SMARTS) is 2. The van der Waals surface area contributed by atoms with Crippen LogP contribution in [-0.4, -0.2) is 78.9 Å². The number of oxime groups is 1. The van der Waals surface area contributed by atoms with E-state index >= 15 is 0 Å². The summed E-state index contributed by atoms with van der Waals surface area (Å²) in [5.41, 5.74) is 2.97. The summed E-state index contributed by atoms with van der Waals surface area (Å²) < 4.78 is 0. The van der Waals surface area contributed by atoms with Crippen molar-refractivity contribution in [2.24, 2.45) is 10.6 Å². The van der Waals surface area contributed by atoms with E-state index in [1.165, 1.54) is 48.4 Å². The van der Waals surface area contributed by atoms with Crippen LogP contribution in [0.3, 0.4) is 0 Å². The Hall–Kier alpha value is -4.93. The number of carbonyl (C=O) groups is 4. The fourth-order valence-corrected chi connectivity index (χ4v) is 6.08. The number of hydrogen-bond acceptors (Lipinski definition) is 12. The summed E-state index contributed by atoms with van der Waals surface area (Å²) in [4.78, 5) is 60.5. The topological polar surface area (TPSA) is 232 Å². The molecule has 5 N–H and O–H groups in total. The molecule has 0 bridgehead atoms. The number of nitrogens with one attached hydrogen (secondary N) is 1. The number of nitriles is 2. The fraction of sp³-hybridized carbons (Fsp3) is 0.308. The number of benzene rings is 1. The zero-order valence-electron chi connectivity index (χ0n) is 22.1. The summed E-state index contributed by atoms with van der Waals surface area (Å²) >= 11 is 2.17. The molecule has 3 heterocycles. The first-order valence-corrected chi connectivity index (χ1v) is 14.1. The van der Waals surface area contributed by atoms with Crippen LogP contribution in [0.25, 0.3) is 6.08 Å². The number of anilines is 1. The van der Waals surface area contributed by atoms with Gasteiger partial charge in [0.2, 0.25) is 11.5 Å². The molecule has 1 aromatic heterocycles. The second-order valence-electron chi connectivity index (χ2n) is 9.86. The first-order valence-electron chi connectivity index (χ1n) is 12.1. The number of hydrogen-bond donors (Lipinski definition) is 4. The highest BCUT2D eigenvalue weighted by Crippen LogP contribution is 2.43. The Kier molecular flexibility index (Phi) is 8.24. The van der Waals surface area contributed by atoms with E-state index in [0.717, 1.165) is 23.1 Å². The minimum Gasteiger partial charge on any atom is -0.481 e. The molecule has 4 rings (SSSR count). The van der Waals surface area contributed by atoms with Crippen molar-refractivity contribution >= 4 is 63.8 Å². The standard InChI is InChI=1S/C26H23N7O7S2/c1-25(2,22(36)37)40-32-17(16-10-41-24(29)30-16)19(34)31-18-20(35)33-11-26(23(38)39,12-42-21(18)33)6-5-14-4-3-13(8-27)7-15(14)9-28/h3-7,10,18,21H,11-12H2,1-2H3,(H2,29,30)(H,31,34)(H,36,37)(H,38,39)/t18?,21-,26?/m1/s1. The molecule has 0 radical (unpaired) electrons. The lowest BCUT2D eigenvalue weighted by Gasteiger charge is -2.53. The summed E-state index contributed by atoms with van der Waals surface area (Å²) in [6.07, 6.45) is 2.91. The van der Waals surface area contributed by atoms with Gasteiger partial charge in [-0.15, -0.1) is 23.1 Å². The second kappa shape index (κ2) is 11.5. The van der Waals surface area contributed by atoms with Crippen LogP contribution in [0.5, 0.6) is 0 Å². The van der Waals surface area contributed by atoms with Gasteiger partial charge in [-0.2, -0.15) is 10.5 Å². The predicted octanol–water partition coefficient (Wildman–Crippen LogP) is 1.24. The molecule has 2 unspecified atom stereocenters. The number of carbonyl (C=O) groups excluding carboxylic acids is 2. The first-order chi connectivity index (χ1) is 19.8. The Morgan fingerprint density at radius 2 is 2.05 bits per heavy atom. The van der Waals surface area contributed by atoms with E-state index in [4.69, 9.17) is 15.8 Å². The number of amides is 2. The van der Waals surface area contributed by atoms with Gasteiger partial charge in [0.1, 0.15) is 22.5 Å². The zero-order valence-corrected chi connectivity index (χ0v) is 23.7. The summed E-state index contributed by atoms with van der Waals surface area (Å²) in [6.45, 7) is 2.29. The van der Waals surface area contributed by atoms with Crippen LogP contribution >= 0.6 is 23.1 Å². The molecule has 2 fully saturated rings. The maximum atomic E-state index is 13.2. The van der Waals surface area contributed by atoms with Gasteiger partial charge in [-0.25, -0.2) is 9.78 Å². The summed E-state index contributed by atoms with van der Waals surface area (Å²) in [5, 5.41) is 45.1. The monoisotopic (exact) mass is 609 g/mol. The molecule has 1 aromatic carbocycles. The quantitative estimate of drug-likeness (QED) is 0.179. The Morgan fingerprint density at radius 3 is 2.64 bits per heavy atom. The molecule has 2 aliphatic heterocycles. The summed E-state index contributed by atoms with van der Waals surface area (Å²) in [7, 11) is 0. The van der Waals surface area contributed by atoms with Gasteiger partial charge in [0.25, 0.3) is 5.91 Å². The molecule has 42 heavy (non-hydrogen) atoms. The maximum absolute atomic E-state index is 13.2. The molecule has 2 aliphatic rings. The van der Waals surface area contributed by atoms with Crippen LogP contribution in [-0.2, 0) is 24.0 Å². The molecule has 3 atom stereocenters. The van der Waals surface area contributed by atoms with Gasteiger partial charge in [-0.1, -0.05) is 23.4 Å². The van der Waals surface area contributed by atoms with Gasteiger partial charge in [0, 0.05) is 17.7 Å². The third kappa shape index (κ3) is 5.76. The molecule has 216 valence electrons. The van der Waals surface area contributed by atoms with Gasteiger partial charge in [0.05, 0.1) is 23.3 Å². The van der Waals surface area contributed by atoms with Crippen LogP contribution < -0.4 is 11.1 Å². The third-order valence-electron chi connectivity index (χ3n) is 6.56. The largest absolute Gasteiger partial charge is 0.481 e. The molecule has 2 aromatic rings. The van der Waals surface area contributed by atoms with E-state index in [1.54, 1.807) is 6.07 Å². The normalized spacial score (nSPS) is 22.0. The van der Waals surface area contributed by atoms with Gasteiger partial charge in [-0.3, -0.25) is 14.4 Å². The number of aromatic nitrogens is 1. The number of fused-ring (bicyclic) bond motifs is 1. The lowest BCUT2D eigenvalue weighted by Crippen LogP contribution is -2.73. The Balaban J connectivity index is 1.51. The molecule has 2 saturated heterocycles. The third-order valence-corrected chi connectivity index (χ3v) is 8.79. The number of aliphatic carboxylic acids is 2. The minimum atomic E-state index is -1.77. The van der Waals surface area contributed by atoms with E-state index in [1.807, 2.05) is 12.1 Å². The number of thiazole rings is 1. The molecule has 0 aliphatic carbocycles. The highest BCUT2D eigenvalue weighted by atomic mass is 32.2. The number of carboxylic acids is 2. The lowest BCUT2D eigenvalue weighted by molar-refractivity contribution is -0.161. The fourth-order valence-electron chi connectivity index (χ4n) is 4.02. The van der Waals surface area contributed by atoms with Crippen molar-refractivity contribution in [1.82, 2.24) is 15.2 Å². The van der Waals surface area contributed by atoms with E-state index in [0.29, 0.717) is 5.56 Å². The van der Waals surface area contributed by atoms with Crippen molar-refractivity contribution in [3.8, 4) is 12.1 Å². The van der Waals surface area contributed by atoms with Crippen molar-refractivity contribution in [2.45, 2.75) is 30.9 Å². The van der Waals surface area contributed by atoms with Crippen molar-refractivity contribution in [3.05, 3.63) is 52.0 Å². The van der Waals surface area contributed by atoms with Crippen LogP contribution in [0.15, 0.2) is 34.8 Å². The Morgan fingerprint density at radius 1 is 1.31 bits per heavy atom. The zero-order chi connectivity index (χ0) is 30.8. The molecule has 0 saturated carbocycles. The summed E-state index contributed by atoms with van der Waals surface area (Å²) in [5.74, 6) is -3.84. The van der Waals surface area contributed by atoms with Crippen LogP contribution in [0.1, 0.15) is 36.2 Å². The van der Waals surface area contributed by atoms with Gasteiger partial charge in [0.15, 0.2) is 10.8 Å². The van der Waals surface area contributed by atoms with Crippen molar-refractivity contribution in [2.75, 3.05) is 18.0 Å². The van der Waals surface area contributed by atoms with Gasteiger partial charge < -0.3 is 31.0 Å². The number of rotatable bonds is 9. The molecule has 2 amide bonds. The van der Waals surface area contributed by atoms with Crippen LogP contribution in [0.4, 0.5) is 5.13 Å². The Bertz CT molecular complexity index is 1620. The van der Waals surface area contributed by atoms with E-state index in [2.05, 4.69) is 15.5 Å². The maximum Gasteiger partial charge on any atom is 0.350 e. The number of thioether (sulfide) groups is 1. The van der Waals surface area contributed by atoms with Crippen molar-refractivity contribution in [1.29, 1.82) is 10.5 Å². The predicted molar refractivity (Wildman–Crippen MR) is 151 cm³/mol. The minimum absolute atomic E-state index is 0.0192. The van der Waals surface area contributed by atoms with Crippen LogP contribution in [0.2, 0.25) is 0 Å². The number of nitrogen functional groups attached to an aromatic ring is 1. The van der Waals surface area contributed by atoms with Gasteiger partial charge >= 0.3 is 11.9 Å². The van der Waals surface area contributed by atoms with Crippen LogP contribution in [0, 0.1) is 28.1 Å². The molecule has 0 spiro atoms. The smallest absolute Gasteiger partial charge is 0.350 e. The molecule has 16 heteroatoms. The Labute approximate surface area is 247 Å². The highest BCUT2D eigenvalue weighted by Gasteiger charge is 2.57. The highest BCUT2D eigenvalue weighted by molar-refractivity contribution is 8.00. The average molecular weight is 610 g/mol. The number of nitrogens with zero attached hydrogens (tertiary/aromatic N) is 5. The second-order valence-corrected chi connectivity index (χ2v) is 11.9. The SMILES string of the molecule is CC(C)(ON=C(C(=O)NC1C(=O)N2CC(C=Cc3ccc(C#N)cc3C#N)(C(=O)O)CS[C@H]12)c1csc(N)n1)C(=O)O. The average Bonchev–Trinajstić information content (AvgIpc) is 3.39. The van der Waals surface area contributed by atoms with Crippen molar-refractivity contribution < 1.29 is 34.2 Å². The lowest BCUT2D eigenvalue weighted by atomic mass is 9.86. The molecular weight excluding hydrogens is 586 g/mol. The van der Waals surface area contributed by atoms with E-state index in [9.17, 15) is 34.7 Å². The number of β-lactam (4-membered cyclic amide) rings is 1. The summed E-state index contributed by atoms with van der Waals surface area (Å²) in [6, 6.07) is 7.36.